The average molecular weight is 228 g/mol. The highest BCUT2D eigenvalue weighted by Gasteiger charge is 2.12. The molecule has 0 aliphatic carbocycles. The second-order valence-electron chi connectivity index (χ2n) is 4.09. The van der Waals surface area contributed by atoms with E-state index < -0.39 is 6.98 Å². The van der Waals surface area contributed by atoms with Crippen LogP contribution in [0.3, 0.4) is 0 Å². The van der Waals surface area contributed by atoms with E-state index in [4.69, 9.17) is 4.11 Å². The Morgan fingerprint density at radius 2 is 1.47 bits per heavy atom. The summed E-state index contributed by atoms with van der Waals surface area (Å²) in [6.07, 6.45) is 0.756. The van der Waals surface area contributed by atoms with Gasteiger partial charge < -0.3 is 5.32 Å². The van der Waals surface area contributed by atoms with Crippen molar-refractivity contribution in [2.24, 2.45) is 0 Å². The highest BCUT2D eigenvalue weighted by Crippen LogP contribution is 2.27. The van der Waals surface area contributed by atoms with Crippen LogP contribution in [0.2, 0.25) is 0 Å². The summed E-state index contributed by atoms with van der Waals surface area (Å²) in [4.78, 5) is 0. The lowest BCUT2D eigenvalue weighted by Crippen LogP contribution is -2.13. The van der Waals surface area contributed by atoms with Crippen LogP contribution in [0.25, 0.3) is 0 Å². The maximum atomic E-state index is 7.21. The van der Waals surface area contributed by atoms with Gasteiger partial charge in [-0.25, -0.2) is 0 Å². The first-order valence-corrected chi connectivity index (χ1v) is 5.91. The maximum absolute atomic E-state index is 7.21. The Hall–Kier alpha value is -1.60. The first kappa shape index (κ1) is 8.48. The van der Waals surface area contributed by atoms with Crippen molar-refractivity contribution in [2.45, 2.75) is 12.3 Å². The molecule has 0 amide bonds. The van der Waals surface area contributed by atoms with Crippen molar-refractivity contribution in [3.63, 3.8) is 0 Å². The van der Waals surface area contributed by atoms with Crippen molar-refractivity contribution in [2.75, 3.05) is 13.5 Å². The predicted molar refractivity (Wildman–Crippen MR) is 73.3 cm³/mol. The van der Waals surface area contributed by atoms with Crippen molar-refractivity contribution in [3.8, 4) is 0 Å². The molecule has 0 aromatic heterocycles. The Morgan fingerprint density at radius 1 is 0.941 bits per heavy atom. The second-order valence-corrected chi connectivity index (χ2v) is 4.09. The molecule has 0 spiro atoms. The molecule has 0 heterocycles. The summed E-state index contributed by atoms with van der Waals surface area (Å²) in [5.41, 5.74) is 2.43. The third-order valence-corrected chi connectivity index (χ3v) is 2.96. The Bertz CT molecular complexity index is 469. The molecular weight excluding hydrogens is 206 g/mol. The van der Waals surface area contributed by atoms with E-state index in [1.807, 2.05) is 36.4 Å². The van der Waals surface area contributed by atoms with Crippen molar-refractivity contribution in [3.05, 3.63) is 71.8 Å². The van der Waals surface area contributed by atoms with Crippen LogP contribution >= 0.6 is 0 Å². The van der Waals surface area contributed by atoms with Gasteiger partial charge in [0.25, 0.3) is 0 Å². The van der Waals surface area contributed by atoms with Gasteiger partial charge >= 0.3 is 0 Å². The normalized spacial score (nSPS) is 14.1. The smallest absolute Gasteiger partial charge is 0.0391 e. The molecule has 2 aromatic rings. The number of hydrogen-bond acceptors (Lipinski definition) is 1. The van der Waals surface area contributed by atoms with Crippen molar-refractivity contribution in [1.29, 1.82) is 0 Å². The highest BCUT2D eigenvalue weighted by molar-refractivity contribution is 5.32. The number of rotatable bonds is 5. The summed E-state index contributed by atoms with van der Waals surface area (Å²) in [6, 6.07) is 20.4. The quantitative estimate of drug-likeness (QED) is 0.826. The van der Waals surface area contributed by atoms with Gasteiger partial charge in [0.2, 0.25) is 0 Å². The molecule has 88 valence electrons. The fraction of sp³-hybridized carbons (Fsp3) is 0.250. The molecule has 0 fully saturated rings. The predicted octanol–water partition coefficient (Wildman–Crippen LogP) is 3.43. The Labute approximate surface area is 108 Å². The van der Waals surface area contributed by atoms with Gasteiger partial charge in [-0.05, 0) is 31.1 Å². The monoisotopic (exact) mass is 228 g/mol. The lowest BCUT2D eigenvalue weighted by Gasteiger charge is -2.17. The van der Waals surface area contributed by atoms with Crippen LogP contribution in [0.5, 0.6) is 0 Å². The first-order valence-electron chi connectivity index (χ1n) is 7.41. The summed E-state index contributed by atoms with van der Waals surface area (Å²) in [5, 5.41) is 2.59. The molecular formula is C16H19N. The van der Waals surface area contributed by atoms with Gasteiger partial charge in [0.15, 0.2) is 0 Å². The van der Waals surface area contributed by atoms with Gasteiger partial charge in [-0.1, -0.05) is 60.7 Å². The van der Waals surface area contributed by atoms with Crippen LogP contribution < -0.4 is 5.32 Å². The molecule has 2 rings (SSSR count). The Balaban J connectivity index is 2.13. The molecule has 17 heavy (non-hydrogen) atoms. The van der Waals surface area contributed by atoms with Crippen LogP contribution in [-0.2, 0) is 0 Å². The molecule has 0 aliphatic heterocycles. The minimum Gasteiger partial charge on any atom is -0.320 e. The number of benzene rings is 2. The minimum atomic E-state index is -2.07. The molecule has 1 N–H and O–H groups in total. The lowest BCUT2D eigenvalue weighted by molar-refractivity contribution is 0.662. The van der Waals surface area contributed by atoms with E-state index in [1.165, 1.54) is 11.1 Å². The number of hydrogen-bond donors (Lipinski definition) is 1. The standard InChI is InChI=1S/C16H19N/c1-17-13-12-16(14-8-4-2-5-9-14)15-10-6-3-7-11-15/h2-11,16-17H,12-13H2,1H3/i1D3. The molecule has 0 saturated heterocycles. The molecule has 0 radical (unpaired) electrons. The lowest BCUT2D eigenvalue weighted by atomic mass is 9.88. The van der Waals surface area contributed by atoms with E-state index in [9.17, 15) is 0 Å². The average Bonchev–Trinajstić information content (AvgIpc) is 2.44. The summed E-state index contributed by atoms with van der Waals surface area (Å²) < 4.78 is 21.6. The van der Waals surface area contributed by atoms with Gasteiger partial charge in [0.05, 0.1) is 0 Å². The first-order chi connectivity index (χ1) is 9.56. The summed E-state index contributed by atoms with van der Waals surface area (Å²) in [7, 11) is 0. The van der Waals surface area contributed by atoms with E-state index in [0.29, 0.717) is 6.54 Å². The zero-order valence-corrected chi connectivity index (χ0v) is 9.77. The van der Waals surface area contributed by atoms with Crippen molar-refractivity contribution in [1.82, 2.24) is 5.32 Å². The molecule has 0 atom stereocenters. The topological polar surface area (TPSA) is 12.0 Å². The van der Waals surface area contributed by atoms with Crippen LogP contribution in [0, 0.1) is 0 Å². The molecule has 0 bridgehead atoms. The van der Waals surface area contributed by atoms with Gasteiger partial charge in [0, 0.05) is 10.0 Å². The van der Waals surface area contributed by atoms with Gasteiger partial charge in [0.1, 0.15) is 0 Å². The fourth-order valence-corrected chi connectivity index (χ4v) is 2.11. The third-order valence-electron chi connectivity index (χ3n) is 2.96. The largest absolute Gasteiger partial charge is 0.320 e. The third kappa shape index (κ3) is 3.18. The Morgan fingerprint density at radius 3 is 1.94 bits per heavy atom. The zero-order valence-electron chi connectivity index (χ0n) is 12.8. The van der Waals surface area contributed by atoms with E-state index >= 15 is 0 Å². The molecule has 1 heteroatoms. The van der Waals surface area contributed by atoms with Crippen molar-refractivity contribution < 1.29 is 4.11 Å². The number of nitrogens with one attached hydrogen (secondary N) is 1. The minimum absolute atomic E-state index is 0.215. The molecule has 0 aliphatic rings. The summed E-state index contributed by atoms with van der Waals surface area (Å²) in [6.45, 7) is -1.61. The summed E-state index contributed by atoms with van der Waals surface area (Å²) in [5.74, 6) is 0.215. The van der Waals surface area contributed by atoms with E-state index in [2.05, 4.69) is 29.6 Å². The molecule has 1 nitrogen and oxygen atoms in total. The highest BCUT2D eigenvalue weighted by atomic mass is 14.8. The molecule has 0 saturated carbocycles. The zero-order chi connectivity index (χ0) is 14.4. The van der Waals surface area contributed by atoms with E-state index in [-0.39, 0.29) is 5.92 Å². The maximum Gasteiger partial charge on any atom is 0.0391 e. The fourth-order valence-electron chi connectivity index (χ4n) is 2.11. The van der Waals surface area contributed by atoms with E-state index in [1.54, 1.807) is 0 Å². The van der Waals surface area contributed by atoms with Crippen LogP contribution in [-0.4, -0.2) is 13.5 Å². The van der Waals surface area contributed by atoms with Crippen LogP contribution in [0.4, 0.5) is 0 Å². The summed E-state index contributed by atoms with van der Waals surface area (Å²) >= 11 is 0. The van der Waals surface area contributed by atoms with Crippen molar-refractivity contribution >= 4 is 0 Å². The molecule has 0 unspecified atom stereocenters. The second kappa shape index (κ2) is 6.21. The van der Waals surface area contributed by atoms with Gasteiger partial charge in [-0.3, -0.25) is 0 Å². The van der Waals surface area contributed by atoms with Crippen LogP contribution in [0.1, 0.15) is 27.6 Å². The SMILES string of the molecule is [2H]C([2H])([2H])NCCC(c1ccccc1)c1ccccc1. The van der Waals surface area contributed by atoms with Gasteiger partial charge in [-0.15, -0.1) is 0 Å². The molecule has 2 aromatic carbocycles. The van der Waals surface area contributed by atoms with Gasteiger partial charge in [-0.2, -0.15) is 0 Å². The Kier molecular flexibility index (Phi) is 3.10. The van der Waals surface area contributed by atoms with E-state index in [0.717, 1.165) is 6.42 Å². The van der Waals surface area contributed by atoms with Crippen LogP contribution in [0.15, 0.2) is 60.7 Å².